The molecule has 1 fully saturated rings. The van der Waals surface area contributed by atoms with E-state index in [1.54, 1.807) is 0 Å². The third-order valence-electron chi connectivity index (χ3n) is 3.61. The summed E-state index contributed by atoms with van der Waals surface area (Å²) in [6.45, 7) is 6.12. The van der Waals surface area contributed by atoms with Crippen molar-refractivity contribution in [2.24, 2.45) is 11.7 Å². The van der Waals surface area contributed by atoms with Gasteiger partial charge in [-0.2, -0.15) is 5.10 Å². The fourth-order valence-corrected chi connectivity index (χ4v) is 2.55. The topological polar surface area (TPSA) is 63.8 Å². The Morgan fingerprint density at radius 2 is 2.17 bits per heavy atom. The van der Waals surface area contributed by atoms with Crippen LogP contribution in [0.3, 0.4) is 0 Å². The van der Waals surface area contributed by atoms with E-state index in [1.807, 2.05) is 13.8 Å². The van der Waals surface area contributed by atoms with Crippen molar-refractivity contribution in [2.45, 2.75) is 46.1 Å². The van der Waals surface area contributed by atoms with E-state index in [1.165, 1.54) is 19.3 Å². The van der Waals surface area contributed by atoms with E-state index >= 15 is 0 Å². The van der Waals surface area contributed by atoms with Gasteiger partial charge >= 0.3 is 0 Å². The summed E-state index contributed by atoms with van der Waals surface area (Å²) in [6.07, 6.45) is 3.70. The van der Waals surface area contributed by atoms with Gasteiger partial charge in [-0.05, 0) is 38.2 Å². The van der Waals surface area contributed by atoms with E-state index in [-0.39, 0.29) is 0 Å². The van der Waals surface area contributed by atoms with Crippen molar-refractivity contribution in [3.8, 4) is 0 Å². The van der Waals surface area contributed by atoms with Gasteiger partial charge in [0.2, 0.25) is 0 Å². The van der Waals surface area contributed by atoms with Gasteiger partial charge < -0.3 is 11.1 Å². The largest absolute Gasteiger partial charge is 0.389 e. The van der Waals surface area contributed by atoms with Gasteiger partial charge in [0, 0.05) is 6.04 Å². The van der Waals surface area contributed by atoms with Gasteiger partial charge in [0.25, 0.3) is 0 Å². The lowest BCUT2D eigenvalue weighted by molar-refractivity contribution is 0.691. The summed E-state index contributed by atoms with van der Waals surface area (Å²) in [5, 5.41) is 11.8. The normalized spacial score (nSPS) is 21.7. The molecule has 1 aliphatic rings. The molecule has 98 valence electrons. The summed E-state index contributed by atoms with van der Waals surface area (Å²) in [5.74, 6) is 1.51. The van der Waals surface area contributed by atoms with Crippen LogP contribution in [0.1, 0.15) is 43.0 Å². The van der Waals surface area contributed by atoms with Crippen LogP contribution in [0, 0.1) is 19.8 Å². The maximum atomic E-state index is 5.80. The van der Waals surface area contributed by atoms with Gasteiger partial charge in [0.15, 0.2) is 5.82 Å². The molecular formula is C13H20N4S. The molecule has 4 nitrogen and oxygen atoms in total. The van der Waals surface area contributed by atoms with Crippen molar-refractivity contribution in [1.29, 1.82) is 0 Å². The van der Waals surface area contributed by atoms with Crippen molar-refractivity contribution in [2.75, 3.05) is 5.32 Å². The average Bonchev–Trinajstić information content (AvgIpc) is 3.02. The molecule has 0 spiro atoms. The van der Waals surface area contributed by atoms with Crippen LogP contribution in [-0.4, -0.2) is 21.2 Å². The van der Waals surface area contributed by atoms with Crippen molar-refractivity contribution < 1.29 is 0 Å². The first-order valence-electron chi connectivity index (χ1n) is 6.44. The Hall–Kier alpha value is -1.23. The zero-order valence-electron chi connectivity index (χ0n) is 11.2. The molecule has 2 unspecified atom stereocenters. The summed E-state index contributed by atoms with van der Waals surface area (Å²) in [4.78, 5) is 0.390. The number of aryl methyl sites for hydroxylation is 1. The predicted molar refractivity (Wildman–Crippen MR) is 77.8 cm³/mol. The summed E-state index contributed by atoms with van der Waals surface area (Å²) < 4.78 is 0. The van der Waals surface area contributed by atoms with Gasteiger partial charge in [-0.3, -0.25) is 0 Å². The number of hydrogen-bond acceptors (Lipinski definition) is 4. The molecule has 2 rings (SSSR count). The van der Waals surface area contributed by atoms with Gasteiger partial charge in [-0.25, -0.2) is 0 Å². The lowest BCUT2D eigenvalue weighted by Gasteiger charge is -2.13. The number of aromatic nitrogens is 2. The minimum atomic E-state index is 0.390. The quantitative estimate of drug-likeness (QED) is 0.799. The maximum Gasteiger partial charge on any atom is 0.159 e. The smallest absolute Gasteiger partial charge is 0.159 e. The average molecular weight is 264 g/mol. The molecular weight excluding hydrogens is 244 g/mol. The Morgan fingerprint density at radius 1 is 1.44 bits per heavy atom. The van der Waals surface area contributed by atoms with Gasteiger partial charge in [0.05, 0.1) is 11.3 Å². The van der Waals surface area contributed by atoms with Crippen LogP contribution in [0.25, 0.3) is 0 Å². The number of nitrogens with zero attached hydrogens (tertiary/aromatic N) is 2. The first kappa shape index (κ1) is 13.2. The highest BCUT2D eigenvalue weighted by Gasteiger charge is 2.36. The zero-order valence-corrected chi connectivity index (χ0v) is 12.0. The standard InChI is InChI=1S/C13H20N4S/c1-4-5-9-6-10(9)15-13-11(12(14)18)7(2)8(3)16-17-13/h9-10H,4-6H2,1-3H3,(H2,14,18)(H,15,17). The third kappa shape index (κ3) is 2.61. The third-order valence-corrected chi connectivity index (χ3v) is 3.81. The summed E-state index contributed by atoms with van der Waals surface area (Å²) in [5.41, 5.74) is 8.54. The lowest BCUT2D eigenvalue weighted by Crippen LogP contribution is -2.19. The van der Waals surface area contributed by atoms with Crippen LogP contribution in [0.4, 0.5) is 5.82 Å². The van der Waals surface area contributed by atoms with Crippen LogP contribution in [0.5, 0.6) is 0 Å². The molecule has 5 heteroatoms. The molecule has 0 saturated heterocycles. The van der Waals surface area contributed by atoms with Gasteiger partial charge in [-0.15, -0.1) is 5.10 Å². The van der Waals surface area contributed by atoms with Crippen LogP contribution in [0.15, 0.2) is 0 Å². The molecule has 1 heterocycles. The van der Waals surface area contributed by atoms with Crippen LogP contribution in [-0.2, 0) is 0 Å². The SMILES string of the molecule is CCCC1CC1Nc1nnc(C)c(C)c1C(N)=S. The highest BCUT2D eigenvalue weighted by molar-refractivity contribution is 7.80. The molecule has 0 bridgehead atoms. The minimum Gasteiger partial charge on any atom is -0.389 e. The highest BCUT2D eigenvalue weighted by atomic mass is 32.1. The molecule has 2 atom stereocenters. The molecule has 1 aliphatic carbocycles. The lowest BCUT2D eigenvalue weighted by atomic mass is 10.1. The van der Waals surface area contributed by atoms with Crippen molar-refractivity contribution in [3.63, 3.8) is 0 Å². The van der Waals surface area contributed by atoms with E-state index in [0.717, 1.165) is 28.6 Å². The molecule has 1 aromatic rings. The van der Waals surface area contributed by atoms with Gasteiger partial charge in [-0.1, -0.05) is 25.6 Å². The van der Waals surface area contributed by atoms with Crippen molar-refractivity contribution in [1.82, 2.24) is 10.2 Å². The number of nitrogens with two attached hydrogens (primary N) is 1. The Balaban J connectivity index is 2.18. The molecule has 0 aromatic carbocycles. The van der Waals surface area contributed by atoms with Crippen LogP contribution < -0.4 is 11.1 Å². The molecule has 1 saturated carbocycles. The Bertz CT molecular complexity index is 472. The Kier molecular flexibility index (Phi) is 3.80. The number of anilines is 1. The maximum absolute atomic E-state index is 5.80. The molecule has 3 N–H and O–H groups in total. The van der Waals surface area contributed by atoms with E-state index in [9.17, 15) is 0 Å². The highest BCUT2D eigenvalue weighted by Crippen LogP contribution is 2.37. The van der Waals surface area contributed by atoms with Gasteiger partial charge in [0.1, 0.15) is 4.99 Å². The van der Waals surface area contributed by atoms with E-state index in [2.05, 4.69) is 22.4 Å². The monoisotopic (exact) mass is 264 g/mol. The second-order valence-electron chi connectivity index (χ2n) is 5.03. The minimum absolute atomic E-state index is 0.390. The van der Waals surface area contributed by atoms with Crippen LogP contribution >= 0.6 is 12.2 Å². The summed E-state index contributed by atoms with van der Waals surface area (Å²) in [7, 11) is 0. The second kappa shape index (κ2) is 5.18. The molecule has 0 aliphatic heterocycles. The zero-order chi connectivity index (χ0) is 13.3. The number of nitrogens with one attached hydrogen (secondary N) is 1. The molecule has 0 radical (unpaired) electrons. The molecule has 1 aromatic heterocycles. The van der Waals surface area contributed by atoms with Crippen LogP contribution in [0.2, 0.25) is 0 Å². The summed E-state index contributed by atoms with van der Waals surface area (Å²) >= 11 is 5.12. The Labute approximate surface area is 113 Å². The number of thiocarbonyl (C=S) groups is 1. The fourth-order valence-electron chi connectivity index (χ4n) is 2.30. The molecule has 18 heavy (non-hydrogen) atoms. The Morgan fingerprint density at radius 3 is 2.78 bits per heavy atom. The predicted octanol–water partition coefficient (Wildman–Crippen LogP) is 2.33. The van der Waals surface area contributed by atoms with Crippen molar-refractivity contribution in [3.05, 3.63) is 16.8 Å². The number of hydrogen-bond donors (Lipinski definition) is 2. The van der Waals surface area contributed by atoms with E-state index in [0.29, 0.717) is 11.0 Å². The second-order valence-corrected chi connectivity index (χ2v) is 5.47. The van der Waals surface area contributed by atoms with E-state index in [4.69, 9.17) is 18.0 Å². The first-order chi connectivity index (χ1) is 8.54. The fraction of sp³-hybridized carbons (Fsp3) is 0.615. The van der Waals surface area contributed by atoms with E-state index < -0.39 is 0 Å². The molecule has 0 amide bonds. The number of rotatable bonds is 5. The summed E-state index contributed by atoms with van der Waals surface area (Å²) in [6, 6.07) is 0.509. The van der Waals surface area contributed by atoms with Crippen molar-refractivity contribution >= 4 is 23.0 Å². The first-order valence-corrected chi connectivity index (χ1v) is 6.85.